The first-order chi connectivity index (χ1) is 4.72. The predicted molar refractivity (Wildman–Crippen MR) is 45.1 cm³/mol. The van der Waals surface area contributed by atoms with Crippen molar-refractivity contribution in [2.45, 2.75) is 18.2 Å². The zero-order chi connectivity index (χ0) is 7.98. The maximum atomic E-state index is 5.49. The molecule has 0 aromatic rings. The second-order valence-electron chi connectivity index (χ2n) is 1.72. The molecule has 0 bridgehead atoms. The first kappa shape index (κ1) is 10.0. The predicted octanol–water partition coefficient (Wildman–Crippen LogP) is 2.25. The summed E-state index contributed by atoms with van der Waals surface area (Å²) in [7, 11) is 1.51. The summed E-state index contributed by atoms with van der Waals surface area (Å²) in [5.41, 5.74) is 0. The van der Waals surface area contributed by atoms with Crippen LogP contribution in [0.3, 0.4) is 0 Å². The fourth-order valence-corrected chi connectivity index (χ4v) is 0.761. The lowest BCUT2D eigenvalue weighted by atomic mass is 10.5. The molecule has 0 amide bonds. The molecule has 0 saturated heterocycles. The van der Waals surface area contributed by atoms with Crippen molar-refractivity contribution < 1.29 is 4.74 Å². The van der Waals surface area contributed by atoms with E-state index in [0.29, 0.717) is 12.4 Å². The Kier molecular flexibility index (Phi) is 5.84. The van der Waals surface area contributed by atoms with E-state index in [2.05, 4.69) is 4.99 Å². The molecule has 0 aromatic heterocycles. The van der Waals surface area contributed by atoms with E-state index in [4.69, 9.17) is 27.9 Å². The third-order valence-electron chi connectivity index (χ3n) is 0.887. The molecular weight excluding hydrogens is 173 g/mol. The second-order valence-corrected chi connectivity index (χ2v) is 2.82. The lowest BCUT2D eigenvalue weighted by Gasteiger charge is -2.03. The molecule has 0 atom stereocenters. The normalized spacial score (nSPS) is 12.3. The monoisotopic (exact) mass is 183 g/mol. The Labute approximate surface area is 71.2 Å². The summed E-state index contributed by atoms with van der Waals surface area (Å²) in [5.74, 6) is 0.394. The molecule has 0 aliphatic rings. The fraction of sp³-hybridized carbons (Fsp3) is 0.833. The van der Waals surface area contributed by atoms with Crippen LogP contribution in [0.2, 0.25) is 0 Å². The highest BCUT2D eigenvalue weighted by atomic mass is 35.5. The topological polar surface area (TPSA) is 21.6 Å². The third kappa shape index (κ3) is 3.96. The molecule has 0 saturated carbocycles. The van der Waals surface area contributed by atoms with Gasteiger partial charge in [0.1, 0.15) is 0 Å². The van der Waals surface area contributed by atoms with E-state index in [1.807, 2.05) is 6.92 Å². The Morgan fingerprint density at radius 2 is 2.20 bits per heavy atom. The fourth-order valence-electron chi connectivity index (χ4n) is 0.445. The van der Waals surface area contributed by atoms with E-state index in [1.165, 1.54) is 7.11 Å². The Hall–Kier alpha value is 0.0500. The number of aliphatic imine (C=N–C) groups is 1. The molecule has 0 aliphatic carbocycles. The number of nitrogens with zero attached hydrogens (tertiary/aromatic N) is 1. The van der Waals surface area contributed by atoms with Crippen molar-refractivity contribution in [1.82, 2.24) is 0 Å². The number of alkyl halides is 2. The molecule has 0 spiro atoms. The number of ether oxygens (including phenoxy) is 1. The smallest absolute Gasteiger partial charge is 0.217 e. The molecule has 0 aromatic carbocycles. The molecular formula is C6H11Cl2NO. The summed E-state index contributed by atoms with van der Waals surface area (Å²) in [6.07, 6.45) is 0.966. The minimum absolute atomic E-state index is 0.394. The summed E-state index contributed by atoms with van der Waals surface area (Å²) in [6, 6.07) is 0. The van der Waals surface area contributed by atoms with Gasteiger partial charge in [-0.15, -0.1) is 0 Å². The SMILES string of the molecule is CCCN=C(OC)C(Cl)Cl. The standard InChI is InChI=1S/C6H11Cl2NO/c1-3-4-9-6(10-2)5(7)8/h5H,3-4H2,1-2H3. The minimum Gasteiger partial charge on any atom is -0.482 e. The van der Waals surface area contributed by atoms with E-state index in [-0.39, 0.29) is 0 Å². The summed E-state index contributed by atoms with van der Waals surface area (Å²) >= 11 is 11.0. The van der Waals surface area contributed by atoms with Crippen LogP contribution in [0, 0.1) is 0 Å². The molecule has 10 heavy (non-hydrogen) atoms. The summed E-state index contributed by atoms with van der Waals surface area (Å²) in [5, 5.41) is 0. The van der Waals surface area contributed by atoms with Gasteiger partial charge in [-0.3, -0.25) is 4.99 Å². The first-order valence-corrected chi connectivity index (χ1v) is 3.96. The van der Waals surface area contributed by atoms with Crippen LogP contribution >= 0.6 is 23.2 Å². The zero-order valence-electron chi connectivity index (χ0n) is 6.10. The summed E-state index contributed by atoms with van der Waals surface area (Å²) in [4.78, 5) is 3.35. The van der Waals surface area contributed by atoms with Gasteiger partial charge in [-0.25, -0.2) is 0 Å². The molecule has 0 radical (unpaired) electrons. The second kappa shape index (κ2) is 5.81. The Morgan fingerprint density at radius 1 is 1.60 bits per heavy atom. The van der Waals surface area contributed by atoms with Crippen molar-refractivity contribution in [2.24, 2.45) is 4.99 Å². The third-order valence-corrected chi connectivity index (χ3v) is 1.26. The lowest BCUT2D eigenvalue weighted by molar-refractivity contribution is 0.395. The van der Waals surface area contributed by atoms with E-state index in [9.17, 15) is 0 Å². The number of hydrogen-bond acceptors (Lipinski definition) is 2. The van der Waals surface area contributed by atoms with Crippen LogP contribution in [0.5, 0.6) is 0 Å². The van der Waals surface area contributed by atoms with Crippen LogP contribution in [0.4, 0.5) is 0 Å². The molecule has 60 valence electrons. The van der Waals surface area contributed by atoms with E-state index >= 15 is 0 Å². The van der Waals surface area contributed by atoms with Gasteiger partial charge in [-0.05, 0) is 6.42 Å². The van der Waals surface area contributed by atoms with Crippen LogP contribution in [0.1, 0.15) is 13.3 Å². The molecule has 0 unspecified atom stereocenters. The average Bonchev–Trinajstić information content (AvgIpc) is 1.89. The quantitative estimate of drug-likeness (QED) is 0.374. The van der Waals surface area contributed by atoms with E-state index < -0.39 is 4.84 Å². The van der Waals surface area contributed by atoms with Gasteiger partial charge >= 0.3 is 0 Å². The molecule has 4 heteroatoms. The Balaban J connectivity index is 3.79. The van der Waals surface area contributed by atoms with E-state index in [0.717, 1.165) is 6.42 Å². The summed E-state index contributed by atoms with van der Waals surface area (Å²) in [6.45, 7) is 2.73. The van der Waals surface area contributed by atoms with Crippen LogP contribution in [0.15, 0.2) is 4.99 Å². The number of halogens is 2. The van der Waals surface area contributed by atoms with Crippen molar-refractivity contribution in [3.8, 4) is 0 Å². The van der Waals surface area contributed by atoms with Crippen LogP contribution in [0.25, 0.3) is 0 Å². The number of methoxy groups -OCH3 is 1. The highest BCUT2D eigenvalue weighted by Crippen LogP contribution is 2.05. The van der Waals surface area contributed by atoms with Gasteiger partial charge in [0.15, 0.2) is 4.84 Å². The largest absolute Gasteiger partial charge is 0.482 e. The van der Waals surface area contributed by atoms with Crippen LogP contribution < -0.4 is 0 Å². The van der Waals surface area contributed by atoms with Gasteiger partial charge < -0.3 is 4.74 Å². The van der Waals surface area contributed by atoms with E-state index in [1.54, 1.807) is 0 Å². The average molecular weight is 184 g/mol. The van der Waals surface area contributed by atoms with Crippen molar-refractivity contribution in [1.29, 1.82) is 0 Å². The first-order valence-electron chi connectivity index (χ1n) is 3.08. The van der Waals surface area contributed by atoms with Gasteiger partial charge in [0, 0.05) is 6.54 Å². The van der Waals surface area contributed by atoms with Crippen molar-refractivity contribution >= 4 is 29.1 Å². The lowest BCUT2D eigenvalue weighted by Crippen LogP contribution is -2.10. The Morgan fingerprint density at radius 3 is 2.50 bits per heavy atom. The zero-order valence-corrected chi connectivity index (χ0v) is 7.61. The highest BCUT2D eigenvalue weighted by molar-refractivity contribution is 6.53. The van der Waals surface area contributed by atoms with Gasteiger partial charge in [0.2, 0.25) is 5.90 Å². The molecule has 0 fully saturated rings. The van der Waals surface area contributed by atoms with Crippen molar-refractivity contribution in [3.05, 3.63) is 0 Å². The molecule has 0 heterocycles. The minimum atomic E-state index is -0.642. The van der Waals surface area contributed by atoms with Crippen LogP contribution in [-0.2, 0) is 4.74 Å². The molecule has 0 N–H and O–H groups in total. The Bertz CT molecular complexity index is 114. The molecule has 0 rings (SSSR count). The van der Waals surface area contributed by atoms with Gasteiger partial charge in [0.05, 0.1) is 7.11 Å². The molecule has 2 nitrogen and oxygen atoms in total. The number of hydrogen-bond donors (Lipinski definition) is 0. The van der Waals surface area contributed by atoms with Crippen LogP contribution in [-0.4, -0.2) is 24.4 Å². The van der Waals surface area contributed by atoms with Crippen molar-refractivity contribution in [2.75, 3.05) is 13.7 Å². The maximum Gasteiger partial charge on any atom is 0.217 e. The maximum absolute atomic E-state index is 5.49. The van der Waals surface area contributed by atoms with Gasteiger partial charge in [-0.1, -0.05) is 30.1 Å². The highest BCUT2D eigenvalue weighted by Gasteiger charge is 2.07. The summed E-state index contributed by atoms with van der Waals surface area (Å²) < 4.78 is 4.80. The van der Waals surface area contributed by atoms with Gasteiger partial charge in [0.25, 0.3) is 0 Å². The van der Waals surface area contributed by atoms with Crippen molar-refractivity contribution in [3.63, 3.8) is 0 Å². The molecule has 0 aliphatic heterocycles. The van der Waals surface area contributed by atoms with Gasteiger partial charge in [-0.2, -0.15) is 0 Å². The number of rotatable bonds is 3.